The van der Waals surface area contributed by atoms with Crippen molar-refractivity contribution < 1.29 is 4.79 Å². The normalized spacial score (nSPS) is 22.3. The van der Waals surface area contributed by atoms with Crippen molar-refractivity contribution in [1.82, 2.24) is 24.2 Å². The van der Waals surface area contributed by atoms with E-state index in [1.807, 2.05) is 28.2 Å². The van der Waals surface area contributed by atoms with Crippen LogP contribution in [0.3, 0.4) is 0 Å². The SMILES string of the molecule is O=C1CCCN1c1cnn(C2CN(Cc3nccn3C3CC3)C2)c1. The molecular formula is C17H22N6O. The van der Waals surface area contributed by atoms with Gasteiger partial charge in [-0.1, -0.05) is 0 Å². The Labute approximate surface area is 140 Å². The molecule has 24 heavy (non-hydrogen) atoms. The van der Waals surface area contributed by atoms with Gasteiger partial charge in [0.1, 0.15) is 5.82 Å². The maximum atomic E-state index is 11.8. The molecule has 0 spiro atoms. The predicted molar refractivity (Wildman–Crippen MR) is 88.6 cm³/mol. The maximum absolute atomic E-state index is 11.8. The number of hydrogen-bond acceptors (Lipinski definition) is 4. The van der Waals surface area contributed by atoms with E-state index in [-0.39, 0.29) is 5.91 Å². The third-order valence-corrected chi connectivity index (χ3v) is 5.34. The number of carbonyl (C=O) groups excluding carboxylic acids is 1. The van der Waals surface area contributed by atoms with Crippen LogP contribution in [0.4, 0.5) is 5.69 Å². The minimum atomic E-state index is 0.219. The van der Waals surface area contributed by atoms with Crippen LogP contribution in [0.15, 0.2) is 24.8 Å². The first kappa shape index (κ1) is 14.2. The van der Waals surface area contributed by atoms with Crippen LogP contribution in [0, 0.1) is 0 Å². The molecule has 126 valence electrons. The Kier molecular flexibility index (Phi) is 3.22. The van der Waals surface area contributed by atoms with E-state index < -0.39 is 0 Å². The number of nitrogens with zero attached hydrogens (tertiary/aromatic N) is 6. The molecular weight excluding hydrogens is 304 g/mol. The Morgan fingerprint density at radius 1 is 1.21 bits per heavy atom. The highest BCUT2D eigenvalue weighted by molar-refractivity contribution is 5.95. The molecule has 7 nitrogen and oxygen atoms in total. The number of likely N-dealkylation sites (tertiary alicyclic amines) is 1. The van der Waals surface area contributed by atoms with Gasteiger partial charge in [0, 0.05) is 50.7 Å². The van der Waals surface area contributed by atoms with Gasteiger partial charge in [-0.05, 0) is 19.3 Å². The van der Waals surface area contributed by atoms with Crippen LogP contribution >= 0.6 is 0 Å². The molecule has 3 fully saturated rings. The second-order valence-electron chi connectivity index (χ2n) is 7.16. The van der Waals surface area contributed by atoms with Crippen molar-refractivity contribution in [2.45, 2.75) is 44.3 Å². The molecule has 0 unspecified atom stereocenters. The number of rotatable bonds is 5. The van der Waals surface area contributed by atoms with Gasteiger partial charge in [0.15, 0.2) is 0 Å². The Balaban J connectivity index is 1.20. The molecule has 2 aromatic rings. The van der Waals surface area contributed by atoms with E-state index in [0.717, 1.165) is 38.3 Å². The van der Waals surface area contributed by atoms with E-state index in [4.69, 9.17) is 0 Å². The van der Waals surface area contributed by atoms with Crippen LogP contribution in [0.1, 0.15) is 43.6 Å². The quantitative estimate of drug-likeness (QED) is 0.837. The fourth-order valence-electron chi connectivity index (χ4n) is 3.78. The summed E-state index contributed by atoms with van der Waals surface area (Å²) in [5, 5.41) is 4.48. The number of hydrogen-bond donors (Lipinski definition) is 0. The summed E-state index contributed by atoms with van der Waals surface area (Å²) in [4.78, 5) is 20.6. The average molecular weight is 326 g/mol. The smallest absolute Gasteiger partial charge is 0.227 e. The minimum Gasteiger partial charge on any atom is -0.331 e. The van der Waals surface area contributed by atoms with Crippen LogP contribution in [0.2, 0.25) is 0 Å². The summed E-state index contributed by atoms with van der Waals surface area (Å²) in [6, 6.07) is 1.09. The van der Waals surface area contributed by atoms with Crippen molar-refractivity contribution in [3.8, 4) is 0 Å². The van der Waals surface area contributed by atoms with Gasteiger partial charge in [-0.2, -0.15) is 5.10 Å². The first-order valence-corrected chi connectivity index (χ1v) is 8.86. The van der Waals surface area contributed by atoms with E-state index in [9.17, 15) is 4.79 Å². The Morgan fingerprint density at radius 2 is 2.08 bits per heavy atom. The summed E-state index contributed by atoms with van der Waals surface area (Å²) in [6.07, 6.45) is 12.1. The van der Waals surface area contributed by atoms with Crippen molar-refractivity contribution in [2.24, 2.45) is 0 Å². The number of imidazole rings is 1. The van der Waals surface area contributed by atoms with Crippen molar-refractivity contribution in [1.29, 1.82) is 0 Å². The van der Waals surface area contributed by atoms with Crippen molar-refractivity contribution in [3.63, 3.8) is 0 Å². The van der Waals surface area contributed by atoms with Gasteiger partial charge in [-0.3, -0.25) is 14.4 Å². The second-order valence-corrected chi connectivity index (χ2v) is 7.16. The van der Waals surface area contributed by atoms with Gasteiger partial charge >= 0.3 is 0 Å². The summed E-state index contributed by atoms with van der Waals surface area (Å²) in [5.41, 5.74) is 0.945. The van der Waals surface area contributed by atoms with Crippen LogP contribution in [-0.4, -0.2) is 49.8 Å². The third kappa shape index (κ3) is 2.43. The molecule has 2 aromatic heterocycles. The second kappa shape index (κ2) is 5.44. The Morgan fingerprint density at radius 3 is 2.83 bits per heavy atom. The molecule has 0 aromatic carbocycles. The minimum absolute atomic E-state index is 0.219. The molecule has 5 rings (SSSR count). The van der Waals surface area contributed by atoms with Gasteiger partial charge in [-0.15, -0.1) is 0 Å². The fourth-order valence-corrected chi connectivity index (χ4v) is 3.78. The topological polar surface area (TPSA) is 59.2 Å². The summed E-state index contributed by atoms with van der Waals surface area (Å²) >= 11 is 0. The summed E-state index contributed by atoms with van der Waals surface area (Å²) in [7, 11) is 0. The van der Waals surface area contributed by atoms with E-state index in [2.05, 4.69) is 25.7 Å². The Hall–Kier alpha value is -2.15. The van der Waals surface area contributed by atoms with Crippen molar-refractivity contribution in [3.05, 3.63) is 30.6 Å². The van der Waals surface area contributed by atoms with E-state index >= 15 is 0 Å². The van der Waals surface area contributed by atoms with Gasteiger partial charge in [0.05, 0.1) is 24.5 Å². The van der Waals surface area contributed by atoms with Crippen LogP contribution in [0.5, 0.6) is 0 Å². The molecule has 1 saturated carbocycles. The monoisotopic (exact) mass is 326 g/mol. The largest absolute Gasteiger partial charge is 0.331 e. The molecule has 3 aliphatic rings. The molecule has 2 aliphatic heterocycles. The number of amides is 1. The lowest BCUT2D eigenvalue weighted by molar-refractivity contribution is -0.117. The highest BCUT2D eigenvalue weighted by Gasteiger charge is 2.32. The van der Waals surface area contributed by atoms with E-state index in [0.29, 0.717) is 18.5 Å². The molecule has 7 heteroatoms. The molecule has 1 aliphatic carbocycles. The van der Waals surface area contributed by atoms with Crippen LogP contribution in [-0.2, 0) is 11.3 Å². The lowest BCUT2D eigenvalue weighted by Gasteiger charge is -2.39. The molecule has 0 radical (unpaired) electrons. The summed E-state index contributed by atoms with van der Waals surface area (Å²) in [5.74, 6) is 1.40. The van der Waals surface area contributed by atoms with E-state index in [1.54, 1.807) is 0 Å². The molecule has 4 heterocycles. The molecule has 0 N–H and O–H groups in total. The van der Waals surface area contributed by atoms with Crippen LogP contribution < -0.4 is 4.90 Å². The first-order chi connectivity index (χ1) is 11.8. The predicted octanol–water partition coefficient (Wildman–Crippen LogP) is 1.60. The third-order valence-electron chi connectivity index (χ3n) is 5.34. The molecule has 0 bridgehead atoms. The lowest BCUT2D eigenvalue weighted by atomic mass is 10.1. The van der Waals surface area contributed by atoms with Gasteiger partial charge in [-0.25, -0.2) is 4.98 Å². The van der Waals surface area contributed by atoms with Gasteiger partial charge in [0.2, 0.25) is 5.91 Å². The maximum Gasteiger partial charge on any atom is 0.227 e. The zero-order chi connectivity index (χ0) is 16.1. The summed E-state index contributed by atoms with van der Waals surface area (Å²) < 4.78 is 4.35. The lowest BCUT2D eigenvalue weighted by Crippen LogP contribution is -2.47. The highest BCUT2D eigenvalue weighted by Crippen LogP contribution is 2.36. The number of aromatic nitrogens is 4. The van der Waals surface area contributed by atoms with E-state index in [1.165, 1.54) is 18.7 Å². The van der Waals surface area contributed by atoms with Crippen LogP contribution in [0.25, 0.3) is 0 Å². The standard InChI is InChI=1S/C17H22N6O/c24-17-2-1-6-22(17)14-8-19-23(11-14)15-9-20(10-15)12-16-18-5-7-21(16)13-3-4-13/h5,7-8,11,13,15H,1-4,6,9-10,12H2. The number of anilines is 1. The first-order valence-electron chi connectivity index (χ1n) is 8.86. The van der Waals surface area contributed by atoms with Crippen molar-refractivity contribution >= 4 is 11.6 Å². The highest BCUT2D eigenvalue weighted by atomic mass is 16.2. The summed E-state index contributed by atoms with van der Waals surface area (Å²) in [6.45, 7) is 3.73. The van der Waals surface area contributed by atoms with Gasteiger partial charge in [0.25, 0.3) is 0 Å². The Bertz CT molecular complexity index is 755. The average Bonchev–Trinajstić information content (AvgIpc) is 2.95. The van der Waals surface area contributed by atoms with Gasteiger partial charge < -0.3 is 9.47 Å². The molecule has 0 atom stereocenters. The molecule has 1 amide bonds. The zero-order valence-electron chi connectivity index (χ0n) is 13.7. The van der Waals surface area contributed by atoms with Crippen molar-refractivity contribution in [2.75, 3.05) is 24.5 Å². The fraction of sp³-hybridized carbons (Fsp3) is 0.588. The number of carbonyl (C=O) groups is 1. The molecule has 2 saturated heterocycles. The zero-order valence-corrected chi connectivity index (χ0v) is 13.7.